The Morgan fingerprint density at radius 2 is 1.70 bits per heavy atom. The molecule has 7 heteroatoms. The van der Waals surface area contributed by atoms with Crippen molar-refractivity contribution in [3.63, 3.8) is 0 Å². The third kappa shape index (κ3) is 7.09. The Kier molecular flexibility index (Phi) is 9.28. The van der Waals surface area contributed by atoms with Gasteiger partial charge < -0.3 is 25.4 Å². The topological polar surface area (TPSA) is 116 Å². The molecule has 4 rings (SSSR count). The van der Waals surface area contributed by atoms with Gasteiger partial charge in [0.15, 0.2) is 0 Å². The Morgan fingerprint density at radius 1 is 0.975 bits per heavy atom. The van der Waals surface area contributed by atoms with E-state index in [9.17, 15) is 24.9 Å². The van der Waals surface area contributed by atoms with Gasteiger partial charge in [0.25, 0.3) is 5.91 Å². The molecule has 40 heavy (non-hydrogen) atoms. The lowest BCUT2D eigenvalue weighted by molar-refractivity contribution is -0.136. The van der Waals surface area contributed by atoms with Crippen molar-refractivity contribution >= 4 is 11.9 Å². The molecule has 0 bridgehead atoms. The smallest absolute Gasteiger partial charge is 0.303 e. The number of aryl methyl sites for hydroxylation is 3. The number of aliphatic hydroxyl groups excluding tert-OH is 2. The number of carboxylic acids is 1. The number of carboxylic acid groups (broad SMARTS) is 1. The minimum Gasteiger partial charge on any atom is -0.489 e. The number of hydrogen-bond acceptors (Lipinski definition) is 5. The summed E-state index contributed by atoms with van der Waals surface area (Å²) in [5, 5.41) is 33.2. The summed E-state index contributed by atoms with van der Waals surface area (Å²) in [7, 11) is 0. The highest BCUT2D eigenvalue weighted by molar-refractivity contribution is 5.96. The molecule has 0 aliphatic heterocycles. The van der Waals surface area contributed by atoms with Crippen molar-refractivity contribution in [2.24, 2.45) is 5.92 Å². The van der Waals surface area contributed by atoms with E-state index in [1.165, 1.54) is 0 Å². The van der Waals surface area contributed by atoms with E-state index in [1.807, 2.05) is 32.0 Å². The first kappa shape index (κ1) is 29.3. The van der Waals surface area contributed by atoms with E-state index in [-0.39, 0.29) is 37.8 Å². The third-order valence-electron chi connectivity index (χ3n) is 7.36. The van der Waals surface area contributed by atoms with Crippen molar-refractivity contribution in [1.82, 2.24) is 5.32 Å². The van der Waals surface area contributed by atoms with Gasteiger partial charge in [-0.05, 0) is 72.6 Å². The van der Waals surface area contributed by atoms with Crippen LogP contribution in [-0.4, -0.2) is 27.2 Å². The lowest BCUT2D eigenvalue weighted by Gasteiger charge is -2.23. The average Bonchev–Trinajstić information content (AvgIpc) is 3.18. The number of fused-ring (bicyclic) bond motifs is 1. The standard InChI is InChI=1S/C33H39NO6/c1-19(2)12-28(24-14-20(3)13-21(4)15-24)34-33(39)27-16-25(10-8-22(27)9-11-31(37)38)40-18-23-6-5-7-26-29(35)17-30(36)32(23)26/h5-8,10,13-16,19,28-30,35-36H,9,11-12,17-18H2,1-4H3,(H,34,39)(H,37,38). The molecular weight excluding hydrogens is 506 g/mol. The van der Waals surface area contributed by atoms with Crippen molar-refractivity contribution in [2.45, 2.75) is 78.2 Å². The fourth-order valence-electron chi connectivity index (χ4n) is 5.59. The highest BCUT2D eigenvalue weighted by atomic mass is 16.5. The van der Waals surface area contributed by atoms with Gasteiger partial charge >= 0.3 is 5.97 Å². The van der Waals surface area contributed by atoms with Crippen LogP contribution in [0.2, 0.25) is 0 Å². The van der Waals surface area contributed by atoms with Crippen molar-refractivity contribution < 1.29 is 29.6 Å². The van der Waals surface area contributed by atoms with Crippen LogP contribution in [0.5, 0.6) is 5.75 Å². The van der Waals surface area contributed by atoms with Crippen LogP contribution in [0.15, 0.2) is 54.6 Å². The Bertz CT molecular complexity index is 1360. The summed E-state index contributed by atoms with van der Waals surface area (Å²) >= 11 is 0. The quantitative estimate of drug-likeness (QED) is 0.239. The van der Waals surface area contributed by atoms with Gasteiger partial charge in [0.1, 0.15) is 12.4 Å². The first-order valence-corrected chi connectivity index (χ1v) is 13.9. The number of carbonyl (C=O) groups excluding carboxylic acids is 1. The molecule has 212 valence electrons. The van der Waals surface area contributed by atoms with Gasteiger partial charge in [-0.3, -0.25) is 9.59 Å². The Hall–Kier alpha value is -3.68. The second-order valence-corrected chi connectivity index (χ2v) is 11.3. The van der Waals surface area contributed by atoms with Gasteiger partial charge in [-0.15, -0.1) is 0 Å². The number of hydrogen-bond donors (Lipinski definition) is 4. The lowest BCUT2D eigenvalue weighted by Crippen LogP contribution is -2.30. The summed E-state index contributed by atoms with van der Waals surface area (Å²) in [6.45, 7) is 8.46. The van der Waals surface area contributed by atoms with Crippen LogP contribution in [0, 0.1) is 19.8 Å². The van der Waals surface area contributed by atoms with Crippen molar-refractivity contribution in [3.05, 3.63) is 99.1 Å². The summed E-state index contributed by atoms with van der Waals surface area (Å²) in [6.07, 6.45) is -0.330. The maximum atomic E-state index is 13.7. The number of aliphatic hydroxyl groups is 2. The third-order valence-corrected chi connectivity index (χ3v) is 7.36. The minimum atomic E-state index is -0.932. The van der Waals surface area contributed by atoms with E-state index < -0.39 is 18.2 Å². The predicted molar refractivity (Wildman–Crippen MR) is 153 cm³/mol. The zero-order valence-electron chi connectivity index (χ0n) is 23.6. The van der Waals surface area contributed by atoms with Gasteiger partial charge in [-0.25, -0.2) is 0 Å². The van der Waals surface area contributed by atoms with Crippen LogP contribution in [0.1, 0.15) is 101 Å². The second kappa shape index (κ2) is 12.7. The van der Waals surface area contributed by atoms with E-state index in [4.69, 9.17) is 4.74 Å². The molecule has 1 aliphatic rings. The maximum absolute atomic E-state index is 13.7. The molecule has 0 fully saturated rings. The number of benzene rings is 3. The van der Waals surface area contributed by atoms with Gasteiger partial charge in [0.2, 0.25) is 0 Å². The fourth-order valence-corrected chi connectivity index (χ4v) is 5.59. The summed E-state index contributed by atoms with van der Waals surface area (Å²) in [5.41, 5.74) is 6.48. The number of amides is 1. The fraction of sp³-hybridized carbons (Fsp3) is 0.394. The first-order chi connectivity index (χ1) is 19.0. The monoisotopic (exact) mass is 545 g/mol. The number of carbonyl (C=O) groups is 2. The van der Waals surface area contributed by atoms with Gasteiger partial charge in [0.05, 0.1) is 18.2 Å². The molecule has 0 saturated carbocycles. The Balaban J connectivity index is 1.61. The molecule has 0 heterocycles. The zero-order chi connectivity index (χ0) is 29.0. The van der Waals surface area contributed by atoms with E-state index in [1.54, 1.807) is 18.2 Å². The summed E-state index contributed by atoms with van der Waals surface area (Å²) in [6, 6.07) is 16.7. The summed E-state index contributed by atoms with van der Waals surface area (Å²) in [4.78, 5) is 25.0. The van der Waals surface area contributed by atoms with E-state index in [0.29, 0.717) is 33.9 Å². The van der Waals surface area contributed by atoms with Gasteiger partial charge in [-0.2, -0.15) is 0 Å². The van der Waals surface area contributed by atoms with Crippen molar-refractivity contribution in [3.8, 4) is 5.75 Å². The Morgan fingerprint density at radius 3 is 2.38 bits per heavy atom. The van der Waals surface area contributed by atoms with Crippen LogP contribution in [0.3, 0.4) is 0 Å². The molecule has 0 radical (unpaired) electrons. The molecule has 3 unspecified atom stereocenters. The van der Waals surface area contributed by atoms with E-state index >= 15 is 0 Å². The maximum Gasteiger partial charge on any atom is 0.303 e. The average molecular weight is 546 g/mol. The highest BCUT2D eigenvalue weighted by Gasteiger charge is 2.30. The molecule has 1 aliphatic carbocycles. The molecule has 7 nitrogen and oxygen atoms in total. The molecule has 4 N–H and O–H groups in total. The molecule has 0 spiro atoms. The normalized spacial score (nSPS) is 17.0. The SMILES string of the molecule is Cc1cc(C)cc(C(CC(C)C)NC(=O)c2cc(OCc3cccc4c3C(O)CC4O)ccc2CCC(=O)O)c1. The molecule has 1 amide bonds. The molecular formula is C33H39NO6. The Labute approximate surface area is 235 Å². The minimum absolute atomic E-state index is 0.0939. The van der Waals surface area contributed by atoms with Gasteiger partial charge in [0, 0.05) is 18.4 Å². The van der Waals surface area contributed by atoms with Crippen LogP contribution in [-0.2, 0) is 17.8 Å². The molecule has 0 aromatic heterocycles. The van der Waals surface area contributed by atoms with Crippen LogP contribution < -0.4 is 10.1 Å². The summed E-state index contributed by atoms with van der Waals surface area (Å²) < 4.78 is 6.07. The molecule has 3 atom stereocenters. The number of nitrogens with one attached hydrogen (secondary N) is 1. The highest BCUT2D eigenvalue weighted by Crippen LogP contribution is 2.40. The second-order valence-electron chi connectivity index (χ2n) is 11.3. The van der Waals surface area contributed by atoms with Gasteiger partial charge in [-0.1, -0.05) is 67.4 Å². The van der Waals surface area contributed by atoms with E-state index in [2.05, 4.69) is 37.4 Å². The molecule has 0 saturated heterocycles. The number of rotatable bonds is 11. The molecule has 3 aromatic carbocycles. The predicted octanol–water partition coefficient (Wildman–Crippen LogP) is 5.89. The zero-order valence-corrected chi connectivity index (χ0v) is 23.6. The molecule has 3 aromatic rings. The van der Waals surface area contributed by atoms with Crippen LogP contribution >= 0.6 is 0 Å². The van der Waals surface area contributed by atoms with Crippen molar-refractivity contribution in [1.29, 1.82) is 0 Å². The largest absolute Gasteiger partial charge is 0.489 e. The number of ether oxygens (including phenoxy) is 1. The van der Waals surface area contributed by atoms with Crippen LogP contribution in [0.4, 0.5) is 0 Å². The number of aliphatic carboxylic acids is 1. The van der Waals surface area contributed by atoms with E-state index in [0.717, 1.165) is 28.7 Å². The summed E-state index contributed by atoms with van der Waals surface area (Å²) in [5.74, 6) is -0.413. The first-order valence-electron chi connectivity index (χ1n) is 13.9. The van der Waals surface area contributed by atoms with Crippen molar-refractivity contribution in [2.75, 3.05) is 0 Å². The van der Waals surface area contributed by atoms with Crippen LogP contribution in [0.25, 0.3) is 0 Å². The lowest BCUT2D eigenvalue weighted by atomic mass is 9.93.